The van der Waals surface area contributed by atoms with Crippen LogP contribution in [0.3, 0.4) is 0 Å². The summed E-state index contributed by atoms with van der Waals surface area (Å²) < 4.78 is 10.8. The second kappa shape index (κ2) is 2.82. The molecule has 1 saturated heterocycles. The van der Waals surface area contributed by atoms with E-state index in [0.29, 0.717) is 12.5 Å². The predicted octanol–water partition coefficient (Wildman–Crippen LogP) is 0.627. The average Bonchev–Trinajstić information content (AvgIpc) is 2.76. The van der Waals surface area contributed by atoms with E-state index in [4.69, 9.17) is 9.47 Å². The van der Waals surface area contributed by atoms with Crippen molar-refractivity contribution in [1.82, 2.24) is 0 Å². The number of carbonyl (C=O) groups excluding carboxylic acids is 1. The van der Waals surface area contributed by atoms with Gasteiger partial charge in [0.15, 0.2) is 0 Å². The van der Waals surface area contributed by atoms with Crippen molar-refractivity contribution in [3.05, 3.63) is 0 Å². The second-order valence-corrected chi connectivity index (χ2v) is 3.71. The lowest BCUT2D eigenvalue weighted by Crippen LogP contribution is -2.35. The zero-order chi connectivity index (χ0) is 8.60. The Kier molecular flexibility index (Phi) is 1.93. The maximum absolute atomic E-state index is 10.5. The minimum absolute atomic E-state index is 0.133. The fourth-order valence-corrected chi connectivity index (χ4v) is 2.14. The van der Waals surface area contributed by atoms with Crippen LogP contribution in [0.25, 0.3) is 0 Å². The molecule has 2 fully saturated rings. The summed E-state index contributed by atoms with van der Waals surface area (Å²) >= 11 is 0. The summed E-state index contributed by atoms with van der Waals surface area (Å²) in [5.41, 5.74) is -0.133. The number of ether oxygens (including phenoxy) is 2. The molecule has 0 amide bonds. The highest BCUT2D eigenvalue weighted by Crippen LogP contribution is 2.49. The number of methoxy groups -OCH3 is 1. The molecule has 2 aliphatic rings. The topological polar surface area (TPSA) is 35.5 Å². The van der Waals surface area contributed by atoms with Gasteiger partial charge in [0.2, 0.25) is 0 Å². The fraction of sp³-hybridized carbons (Fsp3) is 0.889. The Labute approximate surface area is 72.0 Å². The van der Waals surface area contributed by atoms with Crippen molar-refractivity contribution in [2.75, 3.05) is 20.3 Å². The molecule has 0 N–H and O–H groups in total. The lowest BCUT2D eigenvalue weighted by atomic mass is 9.95. The molecule has 12 heavy (non-hydrogen) atoms. The molecular formula is C9H14O3. The molecule has 1 aliphatic carbocycles. The minimum atomic E-state index is -0.133. The Morgan fingerprint density at radius 1 is 1.67 bits per heavy atom. The number of rotatable bonds is 3. The van der Waals surface area contributed by atoms with Gasteiger partial charge in [-0.15, -0.1) is 0 Å². The Morgan fingerprint density at radius 3 is 2.92 bits per heavy atom. The molecule has 0 aromatic rings. The maximum Gasteiger partial charge on any atom is 0.123 e. The molecule has 0 aromatic carbocycles. The van der Waals surface area contributed by atoms with E-state index in [1.54, 1.807) is 7.11 Å². The van der Waals surface area contributed by atoms with Crippen LogP contribution in [0.5, 0.6) is 0 Å². The van der Waals surface area contributed by atoms with E-state index in [9.17, 15) is 4.79 Å². The van der Waals surface area contributed by atoms with E-state index < -0.39 is 0 Å². The summed E-state index contributed by atoms with van der Waals surface area (Å²) in [7, 11) is 1.72. The normalized spacial score (nSPS) is 46.1. The molecule has 0 spiro atoms. The van der Waals surface area contributed by atoms with E-state index >= 15 is 0 Å². The van der Waals surface area contributed by atoms with Crippen molar-refractivity contribution < 1.29 is 14.3 Å². The molecule has 1 aliphatic heterocycles. The second-order valence-electron chi connectivity index (χ2n) is 3.71. The van der Waals surface area contributed by atoms with Gasteiger partial charge in [-0.25, -0.2) is 0 Å². The van der Waals surface area contributed by atoms with Crippen molar-refractivity contribution in [2.24, 2.45) is 11.8 Å². The molecule has 1 saturated carbocycles. The summed E-state index contributed by atoms with van der Waals surface area (Å²) in [5.74, 6) is 0.647. The quantitative estimate of drug-likeness (QED) is 0.583. The van der Waals surface area contributed by atoms with Gasteiger partial charge >= 0.3 is 0 Å². The van der Waals surface area contributed by atoms with Crippen LogP contribution in [0.4, 0.5) is 0 Å². The number of aldehydes is 1. The zero-order valence-electron chi connectivity index (χ0n) is 7.29. The van der Waals surface area contributed by atoms with Crippen LogP contribution in [0, 0.1) is 11.8 Å². The largest absolute Gasteiger partial charge is 0.378 e. The third-order valence-electron chi connectivity index (χ3n) is 3.11. The standard InChI is InChI=1S/C9H14O3/c1-11-9(2-3-12-6-9)8-4-7(8)5-10/h5,7-8H,2-4,6H2,1H3/t7-,8-,9-/m1/s1. The summed E-state index contributed by atoms with van der Waals surface area (Å²) in [6.45, 7) is 1.44. The minimum Gasteiger partial charge on any atom is -0.378 e. The monoisotopic (exact) mass is 170 g/mol. The molecule has 0 radical (unpaired) electrons. The summed E-state index contributed by atoms with van der Waals surface area (Å²) in [4.78, 5) is 10.5. The van der Waals surface area contributed by atoms with Crippen LogP contribution in [0.1, 0.15) is 12.8 Å². The molecule has 2 rings (SSSR count). The van der Waals surface area contributed by atoms with Crippen molar-refractivity contribution >= 4 is 6.29 Å². The molecule has 68 valence electrons. The first kappa shape index (κ1) is 8.20. The molecule has 0 unspecified atom stereocenters. The van der Waals surface area contributed by atoms with Gasteiger partial charge in [0, 0.05) is 32.0 Å². The van der Waals surface area contributed by atoms with Crippen LogP contribution in [-0.2, 0) is 14.3 Å². The molecule has 1 heterocycles. The van der Waals surface area contributed by atoms with Crippen LogP contribution >= 0.6 is 0 Å². The Bertz CT molecular complexity index is 184. The van der Waals surface area contributed by atoms with Crippen molar-refractivity contribution in [1.29, 1.82) is 0 Å². The Hall–Kier alpha value is -0.410. The maximum atomic E-state index is 10.5. The van der Waals surface area contributed by atoms with Crippen molar-refractivity contribution in [3.8, 4) is 0 Å². The van der Waals surface area contributed by atoms with Gasteiger partial charge in [-0.2, -0.15) is 0 Å². The highest BCUT2D eigenvalue weighted by Gasteiger charge is 2.54. The number of hydrogen-bond acceptors (Lipinski definition) is 3. The lowest BCUT2D eigenvalue weighted by Gasteiger charge is -2.25. The van der Waals surface area contributed by atoms with Gasteiger partial charge in [-0.05, 0) is 6.42 Å². The smallest absolute Gasteiger partial charge is 0.123 e. The van der Waals surface area contributed by atoms with E-state index in [1.165, 1.54) is 0 Å². The van der Waals surface area contributed by atoms with E-state index in [1.807, 2.05) is 0 Å². The van der Waals surface area contributed by atoms with Crippen LogP contribution in [0.2, 0.25) is 0 Å². The summed E-state index contributed by atoms with van der Waals surface area (Å²) in [6.07, 6.45) is 2.98. The van der Waals surface area contributed by atoms with E-state index in [2.05, 4.69) is 0 Å². The molecule has 0 aromatic heterocycles. The summed E-state index contributed by atoms with van der Waals surface area (Å²) in [6, 6.07) is 0. The highest BCUT2D eigenvalue weighted by molar-refractivity contribution is 5.59. The molecular weight excluding hydrogens is 156 g/mol. The van der Waals surface area contributed by atoms with Gasteiger partial charge < -0.3 is 14.3 Å². The van der Waals surface area contributed by atoms with Gasteiger partial charge in [0.1, 0.15) is 6.29 Å². The molecule has 3 atom stereocenters. The SMILES string of the molecule is CO[C@]1([C@@H]2C[C@@H]2C=O)CCOC1. The van der Waals surface area contributed by atoms with Crippen LogP contribution < -0.4 is 0 Å². The van der Waals surface area contributed by atoms with Crippen LogP contribution in [-0.4, -0.2) is 32.2 Å². The zero-order valence-corrected chi connectivity index (χ0v) is 7.29. The third-order valence-corrected chi connectivity index (χ3v) is 3.11. The number of carbonyl (C=O) groups is 1. The third kappa shape index (κ3) is 1.08. The van der Waals surface area contributed by atoms with Crippen LogP contribution in [0.15, 0.2) is 0 Å². The van der Waals surface area contributed by atoms with Crippen molar-refractivity contribution in [2.45, 2.75) is 18.4 Å². The first-order valence-electron chi connectivity index (χ1n) is 4.40. The first-order valence-corrected chi connectivity index (χ1v) is 4.40. The number of hydrogen-bond donors (Lipinski definition) is 0. The van der Waals surface area contributed by atoms with Gasteiger partial charge in [-0.1, -0.05) is 0 Å². The van der Waals surface area contributed by atoms with Crippen molar-refractivity contribution in [3.63, 3.8) is 0 Å². The Balaban J connectivity index is 2.03. The van der Waals surface area contributed by atoms with E-state index in [-0.39, 0.29) is 11.5 Å². The predicted molar refractivity (Wildman–Crippen MR) is 42.8 cm³/mol. The van der Waals surface area contributed by atoms with Gasteiger partial charge in [-0.3, -0.25) is 0 Å². The highest BCUT2D eigenvalue weighted by atomic mass is 16.5. The van der Waals surface area contributed by atoms with Gasteiger partial charge in [0.05, 0.1) is 12.2 Å². The molecule has 3 nitrogen and oxygen atoms in total. The van der Waals surface area contributed by atoms with Gasteiger partial charge in [0.25, 0.3) is 0 Å². The van der Waals surface area contributed by atoms with E-state index in [0.717, 1.165) is 25.7 Å². The summed E-state index contributed by atoms with van der Waals surface area (Å²) in [5, 5.41) is 0. The lowest BCUT2D eigenvalue weighted by molar-refractivity contribution is -0.110. The Morgan fingerprint density at radius 2 is 2.50 bits per heavy atom. The average molecular weight is 170 g/mol. The fourth-order valence-electron chi connectivity index (χ4n) is 2.14. The molecule has 3 heteroatoms. The first-order chi connectivity index (χ1) is 5.82. The molecule has 0 bridgehead atoms.